The van der Waals surface area contributed by atoms with Crippen molar-refractivity contribution >= 4 is 22.2 Å². The van der Waals surface area contributed by atoms with Gasteiger partial charge in [0, 0.05) is 17.7 Å². The van der Waals surface area contributed by atoms with E-state index in [1.807, 2.05) is 36.4 Å². The van der Waals surface area contributed by atoms with Crippen molar-refractivity contribution in [3.8, 4) is 22.1 Å². The number of thiazole rings is 1. The van der Waals surface area contributed by atoms with Gasteiger partial charge in [-0.1, -0.05) is 12.1 Å². The minimum absolute atomic E-state index is 0.00866. The monoisotopic (exact) mass is 452 g/mol. The first kappa shape index (κ1) is 21.4. The summed E-state index contributed by atoms with van der Waals surface area (Å²) >= 11 is 1.40. The van der Waals surface area contributed by atoms with E-state index in [1.54, 1.807) is 32.6 Å². The number of nitrogen functional groups attached to an aromatic ring is 1. The molecule has 0 fully saturated rings. The highest BCUT2D eigenvalue weighted by atomic mass is 32.1. The van der Waals surface area contributed by atoms with Crippen LogP contribution in [-0.4, -0.2) is 19.1 Å². The zero-order valence-electron chi connectivity index (χ0n) is 17.5. The number of furan rings is 1. The van der Waals surface area contributed by atoms with Crippen molar-refractivity contribution in [3.63, 3.8) is 0 Å². The lowest BCUT2D eigenvalue weighted by molar-refractivity contribution is -0.385. The van der Waals surface area contributed by atoms with Crippen molar-refractivity contribution in [1.82, 2.24) is 0 Å². The molecule has 4 aromatic rings. The standard InChI is InChI=1S/C23H21N3O5S/c1-29-17-8-5-14(6-9-17)18(13-15-12-16(26(27)28)7-10-19(15)30-2)21-22(32-23(24)25-21)20-4-3-11-31-20/h3-12,18H,13H2,1-2H3,(H2,24,25)/p+1. The van der Waals surface area contributed by atoms with Gasteiger partial charge in [-0.3, -0.25) is 15.8 Å². The van der Waals surface area contributed by atoms with Crippen molar-refractivity contribution in [2.24, 2.45) is 0 Å². The average Bonchev–Trinajstić information content (AvgIpc) is 3.47. The molecule has 32 heavy (non-hydrogen) atoms. The van der Waals surface area contributed by atoms with E-state index in [-0.39, 0.29) is 11.6 Å². The largest absolute Gasteiger partial charge is 0.497 e. The van der Waals surface area contributed by atoms with Gasteiger partial charge in [0.2, 0.25) is 0 Å². The molecule has 2 aromatic heterocycles. The number of hydrogen-bond donors (Lipinski definition) is 1. The maximum atomic E-state index is 11.4. The lowest BCUT2D eigenvalue weighted by Gasteiger charge is -2.18. The van der Waals surface area contributed by atoms with Crippen LogP contribution in [0.25, 0.3) is 10.6 Å². The second-order valence-electron chi connectivity index (χ2n) is 7.09. The van der Waals surface area contributed by atoms with Crippen LogP contribution in [0.15, 0.2) is 65.3 Å². The van der Waals surface area contributed by atoms with Crippen LogP contribution >= 0.6 is 11.3 Å². The Labute approximate surface area is 188 Å². The normalized spacial score (nSPS) is 11.8. The van der Waals surface area contributed by atoms with Crippen molar-refractivity contribution in [2.45, 2.75) is 12.3 Å². The summed E-state index contributed by atoms with van der Waals surface area (Å²) < 4.78 is 16.4. The molecule has 0 bridgehead atoms. The summed E-state index contributed by atoms with van der Waals surface area (Å²) in [6.07, 6.45) is 2.05. The van der Waals surface area contributed by atoms with Crippen molar-refractivity contribution in [2.75, 3.05) is 20.0 Å². The molecule has 0 aliphatic rings. The predicted molar refractivity (Wildman–Crippen MR) is 121 cm³/mol. The number of benzene rings is 2. The first-order valence-corrected chi connectivity index (χ1v) is 10.6. The van der Waals surface area contributed by atoms with E-state index in [0.717, 1.165) is 21.9 Å². The van der Waals surface area contributed by atoms with Gasteiger partial charge in [0.05, 0.1) is 31.3 Å². The van der Waals surface area contributed by atoms with Gasteiger partial charge in [0.1, 0.15) is 27.8 Å². The number of non-ortho nitro benzene ring substituents is 1. The fourth-order valence-electron chi connectivity index (χ4n) is 3.70. The van der Waals surface area contributed by atoms with E-state index >= 15 is 0 Å². The third-order valence-corrected chi connectivity index (χ3v) is 6.17. The van der Waals surface area contributed by atoms with Gasteiger partial charge in [-0.15, -0.1) is 0 Å². The van der Waals surface area contributed by atoms with Crippen molar-refractivity contribution < 1.29 is 23.8 Å². The number of nitro benzene ring substituents is 1. The molecule has 3 N–H and O–H groups in total. The van der Waals surface area contributed by atoms with E-state index in [9.17, 15) is 10.1 Å². The summed E-state index contributed by atoms with van der Waals surface area (Å²) in [7, 11) is 3.17. The smallest absolute Gasteiger partial charge is 0.330 e. The minimum Gasteiger partial charge on any atom is -0.497 e. The molecule has 0 spiro atoms. The minimum atomic E-state index is -0.408. The highest BCUT2D eigenvalue weighted by Crippen LogP contribution is 2.40. The number of H-pyrrole nitrogens is 1. The first-order chi connectivity index (χ1) is 15.5. The summed E-state index contributed by atoms with van der Waals surface area (Å²) in [5.41, 5.74) is 8.72. The molecule has 164 valence electrons. The topological polar surface area (TPSA) is 115 Å². The number of nitrogens with two attached hydrogens (primary N) is 1. The van der Waals surface area contributed by atoms with E-state index in [0.29, 0.717) is 28.6 Å². The Morgan fingerprint density at radius 1 is 1.16 bits per heavy atom. The fraction of sp³-hybridized carbons (Fsp3) is 0.174. The summed E-state index contributed by atoms with van der Waals surface area (Å²) in [5, 5.41) is 11.9. The zero-order valence-corrected chi connectivity index (χ0v) is 18.3. The highest BCUT2D eigenvalue weighted by Gasteiger charge is 2.29. The number of hydrogen-bond acceptors (Lipinski definition) is 7. The maximum Gasteiger partial charge on any atom is 0.330 e. The second kappa shape index (κ2) is 9.11. The number of methoxy groups -OCH3 is 2. The SMILES string of the molecule is COc1ccc(C(Cc2cc([N+](=O)[O-])ccc2OC)c2[nH+]c(N)sc2-c2ccco2)cc1. The number of aromatic amines is 1. The highest BCUT2D eigenvalue weighted by molar-refractivity contribution is 7.18. The molecule has 2 aromatic carbocycles. The van der Waals surface area contributed by atoms with Crippen LogP contribution in [0.4, 0.5) is 10.8 Å². The molecule has 1 unspecified atom stereocenters. The number of anilines is 1. The van der Waals surface area contributed by atoms with Gasteiger partial charge < -0.3 is 13.9 Å². The molecule has 9 heteroatoms. The Kier molecular flexibility index (Phi) is 6.09. The molecular formula is C23H22N3O5S+. The summed E-state index contributed by atoms with van der Waals surface area (Å²) in [6, 6.07) is 16.0. The van der Waals surface area contributed by atoms with E-state index in [4.69, 9.17) is 19.6 Å². The lowest BCUT2D eigenvalue weighted by atomic mass is 9.87. The molecule has 0 amide bonds. The Bertz CT molecular complexity index is 1220. The molecular weight excluding hydrogens is 430 g/mol. The van der Waals surface area contributed by atoms with Crippen molar-refractivity contribution in [1.29, 1.82) is 0 Å². The second-order valence-corrected chi connectivity index (χ2v) is 8.15. The Morgan fingerprint density at radius 3 is 2.56 bits per heavy atom. The van der Waals surface area contributed by atoms with Gasteiger partial charge in [-0.2, -0.15) is 0 Å². The molecule has 1 atom stereocenters. The van der Waals surface area contributed by atoms with Crippen LogP contribution in [0.3, 0.4) is 0 Å². The molecule has 0 aliphatic carbocycles. The fourth-order valence-corrected chi connectivity index (χ4v) is 4.60. The lowest BCUT2D eigenvalue weighted by Crippen LogP contribution is -2.18. The summed E-state index contributed by atoms with van der Waals surface area (Å²) in [5.74, 6) is 1.81. The third kappa shape index (κ3) is 4.28. The summed E-state index contributed by atoms with van der Waals surface area (Å²) in [6.45, 7) is 0. The van der Waals surface area contributed by atoms with Crippen LogP contribution in [-0.2, 0) is 6.42 Å². The Balaban J connectivity index is 1.85. The van der Waals surface area contributed by atoms with Crippen LogP contribution in [0.2, 0.25) is 0 Å². The zero-order chi connectivity index (χ0) is 22.7. The molecule has 0 saturated carbocycles. The average molecular weight is 453 g/mol. The number of nitrogens with zero attached hydrogens (tertiary/aromatic N) is 1. The third-order valence-electron chi connectivity index (χ3n) is 5.22. The number of aromatic nitrogens is 1. The predicted octanol–water partition coefficient (Wildman–Crippen LogP) is 4.70. The number of ether oxygens (including phenoxy) is 2. The Hall–Kier alpha value is -3.85. The van der Waals surface area contributed by atoms with Crippen LogP contribution in [0.5, 0.6) is 11.5 Å². The van der Waals surface area contributed by atoms with E-state index in [2.05, 4.69) is 4.98 Å². The van der Waals surface area contributed by atoms with E-state index in [1.165, 1.54) is 17.4 Å². The Morgan fingerprint density at radius 2 is 1.94 bits per heavy atom. The molecule has 8 nitrogen and oxygen atoms in total. The van der Waals surface area contributed by atoms with Gasteiger partial charge in [-0.05, 0) is 53.7 Å². The number of rotatable bonds is 8. The van der Waals surface area contributed by atoms with Crippen molar-refractivity contribution in [3.05, 3.63) is 87.8 Å². The van der Waals surface area contributed by atoms with Gasteiger partial charge in [0.25, 0.3) is 5.69 Å². The van der Waals surface area contributed by atoms with Gasteiger partial charge in [-0.25, -0.2) is 4.98 Å². The maximum absolute atomic E-state index is 11.4. The van der Waals surface area contributed by atoms with E-state index < -0.39 is 4.92 Å². The molecule has 0 aliphatic heterocycles. The number of nitrogens with one attached hydrogen (secondary N) is 1. The quantitative estimate of drug-likeness (QED) is 0.306. The van der Waals surface area contributed by atoms with Gasteiger partial charge >= 0.3 is 5.13 Å². The molecule has 0 saturated heterocycles. The molecule has 2 heterocycles. The molecule has 4 rings (SSSR count). The molecule has 0 radical (unpaired) electrons. The summed E-state index contributed by atoms with van der Waals surface area (Å²) in [4.78, 5) is 15.1. The van der Waals surface area contributed by atoms with Crippen LogP contribution < -0.4 is 20.2 Å². The first-order valence-electron chi connectivity index (χ1n) is 9.80. The van der Waals surface area contributed by atoms with Crippen LogP contribution in [0, 0.1) is 10.1 Å². The van der Waals surface area contributed by atoms with Gasteiger partial charge in [0.15, 0.2) is 0 Å². The number of nitro groups is 1. The van der Waals surface area contributed by atoms with Crippen LogP contribution in [0.1, 0.15) is 22.7 Å².